The fourth-order valence-electron chi connectivity index (χ4n) is 4.11. The van der Waals surface area contributed by atoms with Crippen molar-refractivity contribution in [2.75, 3.05) is 48.8 Å². The Morgan fingerprint density at radius 3 is 2.51 bits per heavy atom. The number of hydrogen-bond donors (Lipinski definition) is 2. The molecular weight excluding hydrogens is 524 g/mol. The van der Waals surface area contributed by atoms with E-state index in [2.05, 4.69) is 32.1 Å². The first kappa shape index (κ1) is 29.2. The highest BCUT2D eigenvalue weighted by molar-refractivity contribution is 5.98. The zero-order valence-corrected chi connectivity index (χ0v) is 24.1. The molecule has 216 valence electrons. The molecule has 1 aliphatic rings. The number of piperazine rings is 1. The number of aromatic nitrogens is 2. The van der Waals surface area contributed by atoms with Crippen molar-refractivity contribution in [2.45, 2.75) is 33.3 Å². The number of nitrogens with one attached hydrogen (secondary N) is 2. The monoisotopic (exact) mass is 560 g/mol. The first-order valence-electron chi connectivity index (χ1n) is 13.3. The summed E-state index contributed by atoms with van der Waals surface area (Å²) in [4.78, 5) is 36.9. The van der Waals surface area contributed by atoms with Crippen molar-refractivity contribution < 1.29 is 23.8 Å². The van der Waals surface area contributed by atoms with Crippen molar-refractivity contribution in [1.29, 1.82) is 0 Å². The molecule has 3 aromatic rings. The number of nitrogens with zero attached hydrogens (tertiary/aromatic N) is 4. The molecule has 41 heavy (non-hydrogen) atoms. The minimum atomic E-state index is -0.520. The van der Waals surface area contributed by atoms with E-state index >= 15 is 0 Å². The van der Waals surface area contributed by atoms with Gasteiger partial charge in [0.25, 0.3) is 0 Å². The first-order valence-corrected chi connectivity index (χ1v) is 13.3. The zero-order valence-electron chi connectivity index (χ0n) is 24.1. The van der Waals surface area contributed by atoms with Gasteiger partial charge in [0.2, 0.25) is 17.7 Å². The van der Waals surface area contributed by atoms with Crippen molar-refractivity contribution in [1.82, 2.24) is 14.9 Å². The average molecular weight is 561 g/mol. The van der Waals surface area contributed by atoms with Crippen LogP contribution >= 0.6 is 0 Å². The van der Waals surface area contributed by atoms with Gasteiger partial charge < -0.3 is 34.6 Å². The van der Waals surface area contributed by atoms with Crippen molar-refractivity contribution >= 4 is 35.0 Å². The van der Waals surface area contributed by atoms with Crippen molar-refractivity contribution in [2.24, 2.45) is 0 Å². The van der Waals surface area contributed by atoms with Crippen LogP contribution in [0.5, 0.6) is 17.4 Å². The molecule has 0 bridgehead atoms. The van der Waals surface area contributed by atoms with Gasteiger partial charge in [-0.15, -0.1) is 0 Å². The highest BCUT2D eigenvalue weighted by Crippen LogP contribution is 2.33. The zero-order chi connectivity index (χ0) is 29.6. The predicted octanol–water partition coefficient (Wildman–Crippen LogP) is 5.51. The van der Waals surface area contributed by atoms with Gasteiger partial charge in [-0.05, 0) is 58.0 Å². The summed E-state index contributed by atoms with van der Waals surface area (Å²) < 4.78 is 17.2. The molecule has 0 spiro atoms. The van der Waals surface area contributed by atoms with Crippen molar-refractivity contribution in [3.05, 3.63) is 66.9 Å². The van der Waals surface area contributed by atoms with Crippen LogP contribution in [0.3, 0.4) is 0 Å². The topological polar surface area (TPSA) is 118 Å². The van der Waals surface area contributed by atoms with Gasteiger partial charge in [-0.3, -0.25) is 4.79 Å². The molecule has 2 N–H and O–H groups in total. The molecule has 0 unspecified atom stereocenters. The number of hydrogen-bond acceptors (Lipinski definition) is 9. The molecule has 4 rings (SSSR count). The molecule has 2 amide bonds. The van der Waals surface area contributed by atoms with E-state index < -0.39 is 5.60 Å². The average Bonchev–Trinajstić information content (AvgIpc) is 2.94. The maximum Gasteiger partial charge on any atom is 0.410 e. The summed E-state index contributed by atoms with van der Waals surface area (Å²) in [5, 5.41) is 5.92. The van der Waals surface area contributed by atoms with E-state index in [1.807, 2.05) is 45.9 Å². The second-order valence-corrected chi connectivity index (χ2v) is 10.5. The quantitative estimate of drug-likeness (QED) is 0.344. The van der Waals surface area contributed by atoms with Gasteiger partial charge in [-0.25, -0.2) is 9.78 Å². The largest absolute Gasteiger partial charge is 0.494 e. The molecule has 1 fully saturated rings. The Balaban J connectivity index is 1.43. The third-order valence-electron chi connectivity index (χ3n) is 6.15. The lowest BCUT2D eigenvalue weighted by atomic mass is 10.2. The number of methoxy groups -OCH3 is 1. The van der Waals surface area contributed by atoms with Gasteiger partial charge in [0.1, 0.15) is 17.1 Å². The minimum Gasteiger partial charge on any atom is -0.494 e. The molecule has 0 radical (unpaired) electrons. The third-order valence-corrected chi connectivity index (χ3v) is 6.15. The summed E-state index contributed by atoms with van der Waals surface area (Å²) >= 11 is 0. The summed E-state index contributed by atoms with van der Waals surface area (Å²) in [6, 6.07) is 12.8. The van der Waals surface area contributed by atoms with Crippen LogP contribution in [-0.2, 0) is 9.53 Å². The van der Waals surface area contributed by atoms with Crippen molar-refractivity contribution in [3.63, 3.8) is 0 Å². The summed E-state index contributed by atoms with van der Waals surface area (Å²) in [5.41, 5.74) is 2.46. The molecule has 1 aromatic heterocycles. The smallest absolute Gasteiger partial charge is 0.410 e. The molecule has 11 nitrogen and oxygen atoms in total. The van der Waals surface area contributed by atoms with E-state index in [1.54, 1.807) is 42.5 Å². The Kier molecular flexibility index (Phi) is 8.96. The number of rotatable bonds is 8. The first-order chi connectivity index (χ1) is 19.5. The second kappa shape index (κ2) is 12.6. The van der Waals surface area contributed by atoms with E-state index in [-0.39, 0.29) is 12.0 Å². The number of anilines is 4. The molecule has 11 heteroatoms. The van der Waals surface area contributed by atoms with Gasteiger partial charge in [-0.2, -0.15) is 4.98 Å². The number of carbonyl (C=O) groups is 2. The van der Waals surface area contributed by atoms with E-state index in [0.29, 0.717) is 60.9 Å². The SMILES string of the molecule is C=CC(=O)Nc1cccc(Oc2nc(Nc3ccc(N4CCN(C(=O)OC(C)(C)C)CC4)cc3OC)ncc2C)c1. The molecule has 0 saturated carbocycles. The molecule has 2 aromatic carbocycles. The van der Waals surface area contributed by atoms with Crippen LogP contribution in [0.25, 0.3) is 0 Å². The number of benzene rings is 2. The Morgan fingerprint density at radius 2 is 1.83 bits per heavy atom. The third kappa shape index (κ3) is 7.87. The van der Waals surface area contributed by atoms with Crippen LogP contribution < -0.4 is 25.0 Å². The standard InChI is InChI=1S/C30H36N6O5/c1-7-26(37)32-21-9-8-10-23(17-21)40-27-20(2)19-31-28(34-27)33-24-12-11-22(18-25(24)39-6)35-13-15-36(16-14-35)29(38)41-30(3,4)5/h7-12,17-19H,1,13-16H2,2-6H3,(H,32,37)(H,31,33,34). The van der Waals surface area contributed by atoms with E-state index in [9.17, 15) is 9.59 Å². The fraction of sp³-hybridized carbons (Fsp3) is 0.333. The van der Waals surface area contributed by atoms with Crippen LogP contribution in [0.4, 0.5) is 27.8 Å². The maximum absolute atomic E-state index is 12.4. The summed E-state index contributed by atoms with van der Waals surface area (Å²) in [6.45, 7) is 13.4. The van der Waals surface area contributed by atoms with Crippen LogP contribution in [0.2, 0.25) is 0 Å². The van der Waals surface area contributed by atoms with Gasteiger partial charge in [0.15, 0.2) is 0 Å². The van der Waals surface area contributed by atoms with Crippen LogP contribution in [0.15, 0.2) is 61.3 Å². The number of carbonyl (C=O) groups excluding carboxylic acids is 2. The van der Waals surface area contributed by atoms with Gasteiger partial charge in [0.05, 0.1) is 12.8 Å². The van der Waals surface area contributed by atoms with Crippen LogP contribution in [0, 0.1) is 6.92 Å². The summed E-state index contributed by atoms with van der Waals surface area (Å²) in [6.07, 6.45) is 2.58. The Hall–Kier alpha value is -4.80. The lowest BCUT2D eigenvalue weighted by molar-refractivity contribution is -0.111. The Morgan fingerprint density at radius 1 is 1.07 bits per heavy atom. The highest BCUT2D eigenvalue weighted by Gasteiger charge is 2.26. The van der Waals surface area contributed by atoms with E-state index in [0.717, 1.165) is 11.3 Å². The van der Waals surface area contributed by atoms with E-state index in [4.69, 9.17) is 14.2 Å². The van der Waals surface area contributed by atoms with Gasteiger partial charge in [0, 0.05) is 61.4 Å². The Labute approximate surface area is 240 Å². The molecule has 2 heterocycles. The van der Waals surface area contributed by atoms with Crippen LogP contribution in [-0.4, -0.2) is 65.8 Å². The molecule has 1 saturated heterocycles. The summed E-state index contributed by atoms with van der Waals surface area (Å²) in [5.74, 6) is 1.52. The lowest BCUT2D eigenvalue weighted by Crippen LogP contribution is -2.50. The normalized spacial score (nSPS) is 13.3. The van der Waals surface area contributed by atoms with Gasteiger partial charge in [-0.1, -0.05) is 12.6 Å². The number of amides is 2. The Bertz CT molecular complexity index is 1410. The second-order valence-electron chi connectivity index (χ2n) is 10.5. The number of ether oxygens (including phenoxy) is 3. The fourth-order valence-corrected chi connectivity index (χ4v) is 4.11. The molecule has 0 aliphatic carbocycles. The lowest BCUT2D eigenvalue weighted by Gasteiger charge is -2.37. The molecule has 0 atom stereocenters. The molecule has 1 aliphatic heterocycles. The predicted molar refractivity (Wildman–Crippen MR) is 158 cm³/mol. The summed E-state index contributed by atoms with van der Waals surface area (Å²) in [7, 11) is 1.60. The van der Waals surface area contributed by atoms with Crippen molar-refractivity contribution in [3.8, 4) is 17.4 Å². The van der Waals surface area contributed by atoms with Crippen LogP contribution in [0.1, 0.15) is 26.3 Å². The molecular formula is C30H36N6O5. The van der Waals surface area contributed by atoms with E-state index in [1.165, 1.54) is 6.08 Å². The highest BCUT2D eigenvalue weighted by atomic mass is 16.6. The maximum atomic E-state index is 12.4. The minimum absolute atomic E-state index is 0.289. The number of aryl methyl sites for hydroxylation is 1. The van der Waals surface area contributed by atoms with Gasteiger partial charge >= 0.3 is 6.09 Å².